The molecule has 0 unspecified atom stereocenters. The lowest BCUT2D eigenvalue weighted by atomic mass is 10.0. The van der Waals surface area contributed by atoms with Crippen molar-refractivity contribution in [3.05, 3.63) is 58.4 Å². The zero-order valence-electron chi connectivity index (χ0n) is 14.6. The van der Waals surface area contributed by atoms with Crippen molar-refractivity contribution in [1.82, 2.24) is 10.3 Å². The lowest BCUT2D eigenvalue weighted by Crippen LogP contribution is -2.25. The van der Waals surface area contributed by atoms with Crippen LogP contribution in [0.15, 0.2) is 30.5 Å². The minimum atomic E-state index is -0.269. The molecule has 2 amide bonds. The molecule has 1 heterocycles. The number of nitrogens with one attached hydrogen (secondary N) is 2. The molecule has 5 heteroatoms. The molecule has 0 fully saturated rings. The molecule has 0 aliphatic rings. The van der Waals surface area contributed by atoms with Gasteiger partial charge in [-0.05, 0) is 50.5 Å². The fourth-order valence-electron chi connectivity index (χ4n) is 2.59. The van der Waals surface area contributed by atoms with E-state index in [9.17, 15) is 9.59 Å². The quantitative estimate of drug-likeness (QED) is 0.885. The number of hydrogen-bond acceptors (Lipinski definition) is 3. The molecule has 0 aliphatic carbocycles. The van der Waals surface area contributed by atoms with Crippen LogP contribution in [0.1, 0.15) is 50.9 Å². The van der Waals surface area contributed by atoms with E-state index in [0.29, 0.717) is 12.1 Å². The normalized spacial score (nSPS) is 10.3. The Bertz CT molecular complexity index is 746. The van der Waals surface area contributed by atoms with Crippen molar-refractivity contribution >= 4 is 17.5 Å². The van der Waals surface area contributed by atoms with E-state index >= 15 is 0 Å². The van der Waals surface area contributed by atoms with Crippen molar-refractivity contribution in [1.29, 1.82) is 0 Å². The number of anilines is 1. The number of nitrogens with zero attached hydrogens (tertiary/aromatic N) is 1. The number of aromatic nitrogens is 1. The van der Waals surface area contributed by atoms with Crippen LogP contribution in [-0.2, 0) is 0 Å². The van der Waals surface area contributed by atoms with E-state index in [4.69, 9.17) is 0 Å². The van der Waals surface area contributed by atoms with Gasteiger partial charge in [-0.3, -0.25) is 14.6 Å². The smallest absolute Gasteiger partial charge is 0.269 e. The third kappa shape index (κ3) is 4.19. The summed E-state index contributed by atoms with van der Waals surface area (Å²) in [7, 11) is 0. The van der Waals surface area contributed by atoms with Crippen LogP contribution in [0.2, 0.25) is 0 Å². The van der Waals surface area contributed by atoms with Gasteiger partial charge in [-0.15, -0.1) is 0 Å². The average Bonchev–Trinajstić information content (AvgIpc) is 2.55. The molecule has 0 spiro atoms. The minimum Gasteiger partial charge on any atom is -0.351 e. The van der Waals surface area contributed by atoms with Gasteiger partial charge in [0.25, 0.3) is 11.8 Å². The molecule has 2 rings (SSSR count). The standard InChI is InChI=1S/C19H23N3O2/c1-5-7-21-19(24)16-11-15(6-8-20-16)18(23)22-17-13(3)9-12(2)10-14(17)4/h6,8-11H,5,7H2,1-4H3,(H,21,24)(H,22,23). The molecule has 5 nitrogen and oxygen atoms in total. The second-order valence-electron chi connectivity index (χ2n) is 5.91. The van der Waals surface area contributed by atoms with E-state index in [-0.39, 0.29) is 17.5 Å². The van der Waals surface area contributed by atoms with E-state index < -0.39 is 0 Å². The topological polar surface area (TPSA) is 71.1 Å². The van der Waals surface area contributed by atoms with Crippen LogP contribution < -0.4 is 10.6 Å². The zero-order chi connectivity index (χ0) is 17.7. The van der Waals surface area contributed by atoms with Crippen LogP contribution in [0, 0.1) is 20.8 Å². The summed E-state index contributed by atoms with van der Waals surface area (Å²) in [6.45, 7) is 8.51. The van der Waals surface area contributed by atoms with Crippen molar-refractivity contribution in [2.75, 3.05) is 11.9 Å². The van der Waals surface area contributed by atoms with Crippen LogP contribution in [0.25, 0.3) is 0 Å². The highest BCUT2D eigenvalue weighted by Crippen LogP contribution is 2.22. The van der Waals surface area contributed by atoms with Gasteiger partial charge in [-0.2, -0.15) is 0 Å². The monoisotopic (exact) mass is 325 g/mol. The molecule has 1 aromatic carbocycles. The summed E-state index contributed by atoms with van der Waals surface area (Å²) in [4.78, 5) is 28.5. The Balaban J connectivity index is 2.20. The first-order valence-corrected chi connectivity index (χ1v) is 8.05. The van der Waals surface area contributed by atoms with Gasteiger partial charge in [-0.25, -0.2) is 0 Å². The Morgan fingerprint density at radius 1 is 1.04 bits per heavy atom. The van der Waals surface area contributed by atoms with Gasteiger partial charge >= 0.3 is 0 Å². The average molecular weight is 325 g/mol. The zero-order valence-corrected chi connectivity index (χ0v) is 14.6. The van der Waals surface area contributed by atoms with Crippen LogP contribution in [0.4, 0.5) is 5.69 Å². The highest BCUT2D eigenvalue weighted by Gasteiger charge is 2.13. The predicted molar refractivity (Wildman–Crippen MR) is 95.5 cm³/mol. The summed E-state index contributed by atoms with van der Waals surface area (Å²) in [5.41, 5.74) is 4.63. The summed E-state index contributed by atoms with van der Waals surface area (Å²) in [5.74, 6) is -0.522. The van der Waals surface area contributed by atoms with Crippen molar-refractivity contribution in [2.24, 2.45) is 0 Å². The van der Waals surface area contributed by atoms with E-state index in [2.05, 4.69) is 15.6 Å². The maximum atomic E-state index is 12.5. The van der Waals surface area contributed by atoms with E-state index in [1.54, 1.807) is 6.07 Å². The summed E-state index contributed by atoms with van der Waals surface area (Å²) >= 11 is 0. The highest BCUT2D eigenvalue weighted by atomic mass is 16.2. The SMILES string of the molecule is CCCNC(=O)c1cc(C(=O)Nc2c(C)cc(C)cc2C)ccn1. The molecule has 126 valence electrons. The van der Waals surface area contributed by atoms with Gasteiger partial charge in [0.15, 0.2) is 0 Å². The molecule has 0 saturated heterocycles. The molecule has 0 aliphatic heterocycles. The molecule has 1 aromatic heterocycles. The Labute approximate surface area is 142 Å². The van der Waals surface area contributed by atoms with Gasteiger partial charge in [0.05, 0.1) is 0 Å². The van der Waals surface area contributed by atoms with E-state index in [1.807, 2.05) is 39.8 Å². The lowest BCUT2D eigenvalue weighted by Gasteiger charge is -2.13. The van der Waals surface area contributed by atoms with Crippen LogP contribution >= 0.6 is 0 Å². The molecule has 0 saturated carbocycles. The molecule has 2 aromatic rings. The van der Waals surface area contributed by atoms with Crippen molar-refractivity contribution in [3.63, 3.8) is 0 Å². The van der Waals surface area contributed by atoms with Gasteiger partial charge in [0.2, 0.25) is 0 Å². The van der Waals surface area contributed by atoms with Gasteiger partial charge < -0.3 is 10.6 Å². The maximum absolute atomic E-state index is 12.5. The second-order valence-corrected chi connectivity index (χ2v) is 5.91. The Morgan fingerprint density at radius 3 is 2.33 bits per heavy atom. The Kier molecular flexibility index (Phi) is 5.68. The molecule has 24 heavy (non-hydrogen) atoms. The fraction of sp³-hybridized carbons (Fsp3) is 0.316. The molecule has 2 N–H and O–H groups in total. The molecule has 0 radical (unpaired) electrons. The first-order chi connectivity index (χ1) is 11.4. The third-order valence-electron chi connectivity index (χ3n) is 3.71. The number of rotatable bonds is 5. The van der Waals surface area contributed by atoms with Crippen LogP contribution in [0.5, 0.6) is 0 Å². The molecular weight excluding hydrogens is 302 g/mol. The maximum Gasteiger partial charge on any atom is 0.269 e. The summed E-state index contributed by atoms with van der Waals surface area (Å²) in [6, 6.07) is 7.17. The number of benzene rings is 1. The Hall–Kier alpha value is -2.69. The van der Waals surface area contributed by atoms with Crippen molar-refractivity contribution in [3.8, 4) is 0 Å². The first kappa shape index (κ1) is 17.7. The predicted octanol–water partition coefficient (Wildman–Crippen LogP) is 3.40. The van der Waals surface area contributed by atoms with E-state index in [0.717, 1.165) is 28.8 Å². The van der Waals surface area contributed by atoms with Crippen LogP contribution in [0.3, 0.4) is 0 Å². The van der Waals surface area contributed by atoms with E-state index in [1.165, 1.54) is 12.3 Å². The summed E-state index contributed by atoms with van der Waals surface area (Å²) in [6.07, 6.45) is 2.32. The van der Waals surface area contributed by atoms with Crippen molar-refractivity contribution in [2.45, 2.75) is 34.1 Å². The molecule has 0 atom stereocenters. The summed E-state index contributed by atoms with van der Waals surface area (Å²) < 4.78 is 0. The van der Waals surface area contributed by atoms with Gasteiger partial charge in [0.1, 0.15) is 5.69 Å². The molecule has 0 bridgehead atoms. The first-order valence-electron chi connectivity index (χ1n) is 8.05. The van der Waals surface area contributed by atoms with Gasteiger partial charge in [0, 0.05) is 24.0 Å². The third-order valence-corrected chi connectivity index (χ3v) is 3.71. The fourth-order valence-corrected chi connectivity index (χ4v) is 2.59. The van der Waals surface area contributed by atoms with Crippen molar-refractivity contribution < 1.29 is 9.59 Å². The second kappa shape index (κ2) is 7.73. The van der Waals surface area contributed by atoms with Crippen LogP contribution in [-0.4, -0.2) is 23.3 Å². The number of hydrogen-bond donors (Lipinski definition) is 2. The number of carbonyl (C=O) groups is 2. The number of aryl methyl sites for hydroxylation is 3. The van der Waals surface area contributed by atoms with Gasteiger partial charge in [-0.1, -0.05) is 24.6 Å². The molecular formula is C19H23N3O2. The largest absolute Gasteiger partial charge is 0.351 e. The number of pyridine rings is 1. The summed E-state index contributed by atoms with van der Waals surface area (Å²) in [5, 5.41) is 5.69. The number of amides is 2. The highest BCUT2D eigenvalue weighted by molar-refractivity contribution is 6.06. The Morgan fingerprint density at radius 2 is 1.71 bits per heavy atom. The number of carbonyl (C=O) groups excluding carboxylic acids is 2. The lowest BCUT2D eigenvalue weighted by molar-refractivity contribution is 0.0948. The minimum absolute atomic E-state index is 0.244.